The van der Waals surface area contributed by atoms with Gasteiger partial charge in [-0.3, -0.25) is 0 Å². The van der Waals surface area contributed by atoms with Gasteiger partial charge in [0.1, 0.15) is 0 Å². The van der Waals surface area contributed by atoms with Crippen LogP contribution < -0.4 is 5.32 Å². The Morgan fingerprint density at radius 2 is 2.42 bits per heavy atom. The van der Waals surface area contributed by atoms with Crippen LogP contribution in [0, 0.1) is 0 Å². The van der Waals surface area contributed by atoms with Crippen molar-refractivity contribution in [3.05, 3.63) is 12.2 Å². The molecule has 0 aromatic heterocycles. The monoisotopic (exact) mass is 168 g/mol. The predicted molar refractivity (Wildman–Crippen MR) is 53.3 cm³/mol. The van der Waals surface area contributed by atoms with Gasteiger partial charge in [-0.15, -0.1) is 0 Å². The summed E-state index contributed by atoms with van der Waals surface area (Å²) in [6, 6.07) is 0.736. The lowest BCUT2D eigenvalue weighted by Crippen LogP contribution is -2.35. The highest BCUT2D eigenvalue weighted by atomic mass is 15.1. The van der Waals surface area contributed by atoms with Crippen LogP contribution in [0.4, 0.5) is 0 Å². The summed E-state index contributed by atoms with van der Waals surface area (Å²) >= 11 is 0. The van der Waals surface area contributed by atoms with Gasteiger partial charge in [0.15, 0.2) is 0 Å². The Kier molecular flexibility index (Phi) is 4.33. The second kappa shape index (κ2) is 5.33. The number of allylic oxidation sites excluding steroid dienone is 1. The average Bonchev–Trinajstić information content (AvgIpc) is 2.53. The van der Waals surface area contributed by atoms with Gasteiger partial charge in [0.05, 0.1) is 0 Å². The molecule has 0 aromatic rings. The normalized spacial score (nSPS) is 24.4. The summed E-state index contributed by atoms with van der Waals surface area (Å²) in [6.45, 7) is 5.54. The molecule has 70 valence electrons. The second-order valence-corrected chi connectivity index (χ2v) is 3.58. The zero-order valence-corrected chi connectivity index (χ0v) is 8.21. The molecule has 1 N–H and O–H groups in total. The summed E-state index contributed by atoms with van der Waals surface area (Å²) in [5.74, 6) is 0. The number of rotatable bonds is 4. The van der Waals surface area contributed by atoms with Crippen molar-refractivity contribution in [2.24, 2.45) is 0 Å². The topological polar surface area (TPSA) is 15.3 Å². The van der Waals surface area contributed by atoms with Crippen molar-refractivity contribution in [3.63, 3.8) is 0 Å². The van der Waals surface area contributed by atoms with Crippen molar-refractivity contribution in [2.75, 3.05) is 26.7 Å². The van der Waals surface area contributed by atoms with E-state index in [1.165, 1.54) is 25.9 Å². The van der Waals surface area contributed by atoms with Crippen molar-refractivity contribution in [1.82, 2.24) is 10.2 Å². The van der Waals surface area contributed by atoms with Gasteiger partial charge in [0.2, 0.25) is 0 Å². The van der Waals surface area contributed by atoms with Crippen molar-refractivity contribution in [2.45, 2.75) is 25.8 Å². The van der Waals surface area contributed by atoms with Crippen molar-refractivity contribution in [3.8, 4) is 0 Å². The van der Waals surface area contributed by atoms with Crippen molar-refractivity contribution >= 4 is 0 Å². The van der Waals surface area contributed by atoms with E-state index in [-0.39, 0.29) is 0 Å². The summed E-state index contributed by atoms with van der Waals surface area (Å²) in [5, 5.41) is 3.50. The Labute approximate surface area is 75.6 Å². The Morgan fingerprint density at radius 1 is 1.58 bits per heavy atom. The summed E-state index contributed by atoms with van der Waals surface area (Å²) in [5.41, 5.74) is 0. The van der Waals surface area contributed by atoms with Crippen LogP contribution in [0.15, 0.2) is 12.2 Å². The molecule has 1 aliphatic heterocycles. The minimum atomic E-state index is 0.736. The van der Waals surface area contributed by atoms with Crippen molar-refractivity contribution < 1.29 is 0 Å². The first-order chi connectivity index (χ1) is 5.83. The lowest BCUT2D eigenvalue weighted by atomic mass is 10.2. The first-order valence-electron chi connectivity index (χ1n) is 4.86. The quantitative estimate of drug-likeness (QED) is 0.635. The first-order valence-corrected chi connectivity index (χ1v) is 4.86. The first kappa shape index (κ1) is 9.75. The number of likely N-dealkylation sites (N-methyl/N-ethyl adjacent to an activating group) is 1. The molecule has 1 unspecified atom stereocenters. The van der Waals surface area contributed by atoms with E-state index in [0.29, 0.717) is 0 Å². The lowest BCUT2D eigenvalue weighted by molar-refractivity contribution is 0.328. The summed E-state index contributed by atoms with van der Waals surface area (Å²) in [7, 11) is 2.18. The highest BCUT2D eigenvalue weighted by molar-refractivity contribution is 4.83. The Bertz CT molecular complexity index is 137. The van der Waals surface area contributed by atoms with Crippen LogP contribution in [0.2, 0.25) is 0 Å². The molecule has 1 atom stereocenters. The molecule has 0 bridgehead atoms. The van der Waals surface area contributed by atoms with E-state index in [1.54, 1.807) is 0 Å². The van der Waals surface area contributed by atoms with Gasteiger partial charge in [-0.1, -0.05) is 12.2 Å². The molecule has 1 rings (SSSR count). The molecule has 2 heteroatoms. The molecule has 1 fully saturated rings. The van der Waals surface area contributed by atoms with Gasteiger partial charge >= 0.3 is 0 Å². The minimum absolute atomic E-state index is 0.736. The van der Waals surface area contributed by atoms with E-state index in [9.17, 15) is 0 Å². The largest absolute Gasteiger partial charge is 0.313 e. The third kappa shape index (κ3) is 3.37. The minimum Gasteiger partial charge on any atom is -0.313 e. The summed E-state index contributed by atoms with van der Waals surface area (Å²) in [4.78, 5) is 2.36. The summed E-state index contributed by atoms with van der Waals surface area (Å²) in [6.07, 6.45) is 7.01. The Morgan fingerprint density at radius 3 is 3.00 bits per heavy atom. The maximum absolute atomic E-state index is 3.50. The van der Waals surface area contributed by atoms with Gasteiger partial charge in [0.25, 0.3) is 0 Å². The van der Waals surface area contributed by atoms with E-state index in [4.69, 9.17) is 0 Å². The smallest absolute Gasteiger partial charge is 0.0195 e. The number of nitrogens with one attached hydrogen (secondary N) is 1. The lowest BCUT2D eigenvalue weighted by Gasteiger charge is -2.19. The highest BCUT2D eigenvalue weighted by Gasteiger charge is 2.14. The molecule has 12 heavy (non-hydrogen) atoms. The molecule has 0 saturated carbocycles. The van der Waals surface area contributed by atoms with Gasteiger partial charge in [0, 0.05) is 19.1 Å². The fourth-order valence-electron chi connectivity index (χ4n) is 1.65. The highest BCUT2D eigenvalue weighted by Crippen LogP contribution is 2.05. The fourth-order valence-corrected chi connectivity index (χ4v) is 1.65. The maximum Gasteiger partial charge on any atom is 0.0195 e. The molecule has 0 spiro atoms. The number of hydrogen-bond donors (Lipinski definition) is 1. The Balaban J connectivity index is 2.11. The molecule has 0 aliphatic carbocycles. The molecule has 1 heterocycles. The van der Waals surface area contributed by atoms with Gasteiger partial charge < -0.3 is 10.2 Å². The number of nitrogens with zero attached hydrogens (tertiary/aromatic N) is 1. The zero-order chi connectivity index (χ0) is 8.81. The third-order valence-corrected chi connectivity index (χ3v) is 2.35. The van der Waals surface area contributed by atoms with Crippen LogP contribution in [0.3, 0.4) is 0 Å². The summed E-state index contributed by atoms with van der Waals surface area (Å²) < 4.78 is 0. The van der Waals surface area contributed by atoms with E-state index in [1.807, 2.05) is 0 Å². The molecular formula is C10H20N2. The van der Waals surface area contributed by atoms with Crippen LogP contribution >= 0.6 is 0 Å². The maximum atomic E-state index is 3.50. The van der Waals surface area contributed by atoms with E-state index >= 15 is 0 Å². The van der Waals surface area contributed by atoms with Crippen LogP contribution in [0.25, 0.3) is 0 Å². The van der Waals surface area contributed by atoms with E-state index < -0.39 is 0 Å². The molecule has 0 aromatic carbocycles. The van der Waals surface area contributed by atoms with Crippen molar-refractivity contribution in [1.29, 1.82) is 0 Å². The molecule has 0 radical (unpaired) electrons. The standard InChI is InChI=1S/C10H20N2/c1-3-4-8-12(2)9-10-6-5-7-11-10/h3-4,10-11H,5-9H2,1-2H3/b4-3+. The second-order valence-electron chi connectivity index (χ2n) is 3.58. The molecule has 0 amide bonds. The van der Waals surface area contributed by atoms with Gasteiger partial charge in [-0.25, -0.2) is 0 Å². The fraction of sp³-hybridized carbons (Fsp3) is 0.800. The number of hydrogen-bond acceptors (Lipinski definition) is 2. The van der Waals surface area contributed by atoms with Crippen LogP contribution in [-0.2, 0) is 0 Å². The molecule has 1 aliphatic rings. The van der Waals surface area contributed by atoms with E-state index in [2.05, 4.69) is 36.3 Å². The van der Waals surface area contributed by atoms with Crippen LogP contribution in [0.5, 0.6) is 0 Å². The third-order valence-electron chi connectivity index (χ3n) is 2.35. The zero-order valence-electron chi connectivity index (χ0n) is 8.21. The Hall–Kier alpha value is -0.340. The van der Waals surface area contributed by atoms with E-state index in [0.717, 1.165) is 12.6 Å². The SMILES string of the molecule is C/C=C/CN(C)CC1CCCN1. The van der Waals surface area contributed by atoms with Crippen LogP contribution in [0.1, 0.15) is 19.8 Å². The molecule has 1 saturated heterocycles. The van der Waals surface area contributed by atoms with Gasteiger partial charge in [-0.05, 0) is 33.4 Å². The van der Waals surface area contributed by atoms with Gasteiger partial charge in [-0.2, -0.15) is 0 Å². The average molecular weight is 168 g/mol. The molecular weight excluding hydrogens is 148 g/mol. The van der Waals surface area contributed by atoms with Crippen LogP contribution in [-0.4, -0.2) is 37.6 Å². The molecule has 2 nitrogen and oxygen atoms in total. The predicted octanol–water partition coefficient (Wildman–Crippen LogP) is 1.25.